The highest BCUT2D eigenvalue weighted by molar-refractivity contribution is 5.21. The van der Waals surface area contributed by atoms with Crippen LogP contribution in [-0.2, 0) is 9.47 Å². The number of benzene rings is 1. The van der Waals surface area contributed by atoms with Gasteiger partial charge in [-0.1, -0.05) is 18.2 Å². The minimum Gasteiger partial charge on any atom is -0.462 e. The van der Waals surface area contributed by atoms with E-state index in [4.69, 9.17) is 14.2 Å². The Hall–Kier alpha value is -1.18. The third-order valence-electron chi connectivity index (χ3n) is 3.33. The van der Waals surface area contributed by atoms with Crippen molar-refractivity contribution >= 4 is 0 Å². The number of aliphatic hydroxyl groups excluding tert-OH is 3. The first-order valence-corrected chi connectivity index (χ1v) is 6.20. The van der Waals surface area contributed by atoms with Gasteiger partial charge in [0.1, 0.15) is 36.3 Å². The van der Waals surface area contributed by atoms with Crippen LogP contribution in [0.4, 0.5) is 0 Å². The van der Waals surface area contributed by atoms with Crippen molar-refractivity contribution in [1.82, 2.24) is 0 Å². The molecule has 0 aliphatic carbocycles. The molecule has 3 rings (SSSR count). The molecule has 2 heterocycles. The molecule has 2 aliphatic heterocycles. The normalized spacial score (nSPS) is 41.8. The van der Waals surface area contributed by atoms with E-state index in [2.05, 4.69) is 0 Å². The van der Waals surface area contributed by atoms with Crippen molar-refractivity contribution in [3.8, 4) is 5.75 Å². The van der Waals surface area contributed by atoms with Crippen molar-refractivity contribution < 1.29 is 29.5 Å². The van der Waals surface area contributed by atoms with Gasteiger partial charge < -0.3 is 29.5 Å². The smallest absolute Gasteiger partial charge is 0.229 e. The van der Waals surface area contributed by atoms with E-state index in [1.165, 1.54) is 0 Å². The molecule has 104 valence electrons. The summed E-state index contributed by atoms with van der Waals surface area (Å²) >= 11 is 0. The summed E-state index contributed by atoms with van der Waals surface area (Å²) in [6, 6.07) is 8.85. The minimum atomic E-state index is -1.32. The van der Waals surface area contributed by atoms with E-state index in [9.17, 15) is 15.3 Å². The molecular formula is C13H16O6. The molecule has 6 atom stereocenters. The van der Waals surface area contributed by atoms with Gasteiger partial charge >= 0.3 is 0 Å². The summed E-state index contributed by atoms with van der Waals surface area (Å²) < 4.78 is 16.1. The molecule has 0 saturated carbocycles. The SMILES string of the molecule is O[C@H]1[C@@H](O)[C@@H](C2CO2)O[C@@H](Oc2ccccc2)[C@@H]1O. The predicted molar refractivity (Wildman–Crippen MR) is 63.5 cm³/mol. The summed E-state index contributed by atoms with van der Waals surface area (Å²) in [4.78, 5) is 0. The van der Waals surface area contributed by atoms with E-state index in [0.29, 0.717) is 12.4 Å². The van der Waals surface area contributed by atoms with Gasteiger partial charge in [-0.05, 0) is 12.1 Å². The molecule has 19 heavy (non-hydrogen) atoms. The average molecular weight is 268 g/mol. The second-order valence-corrected chi connectivity index (χ2v) is 4.74. The predicted octanol–water partition coefficient (Wildman–Crippen LogP) is -0.728. The fraction of sp³-hybridized carbons (Fsp3) is 0.538. The summed E-state index contributed by atoms with van der Waals surface area (Å²) in [5.74, 6) is 0.519. The molecule has 0 aromatic heterocycles. The van der Waals surface area contributed by atoms with Crippen molar-refractivity contribution in [1.29, 1.82) is 0 Å². The Balaban J connectivity index is 1.72. The third kappa shape index (κ3) is 2.58. The van der Waals surface area contributed by atoms with Gasteiger partial charge in [-0.15, -0.1) is 0 Å². The molecule has 0 bridgehead atoms. The van der Waals surface area contributed by atoms with Gasteiger partial charge in [0.25, 0.3) is 0 Å². The molecule has 2 aliphatic rings. The zero-order chi connectivity index (χ0) is 13.4. The van der Waals surface area contributed by atoms with Crippen LogP contribution < -0.4 is 4.74 Å². The van der Waals surface area contributed by atoms with Crippen LogP contribution in [0.3, 0.4) is 0 Å². The first kappa shape index (κ1) is 12.8. The second kappa shape index (κ2) is 5.07. The first-order chi connectivity index (χ1) is 9.16. The van der Waals surface area contributed by atoms with Crippen LogP contribution in [0.1, 0.15) is 0 Å². The number of hydrogen-bond donors (Lipinski definition) is 3. The largest absolute Gasteiger partial charge is 0.462 e. The highest BCUT2D eigenvalue weighted by atomic mass is 16.7. The molecule has 0 radical (unpaired) electrons. The van der Waals surface area contributed by atoms with Gasteiger partial charge in [-0.25, -0.2) is 0 Å². The quantitative estimate of drug-likeness (QED) is 0.626. The number of rotatable bonds is 3. The lowest BCUT2D eigenvalue weighted by atomic mass is 9.97. The molecule has 0 amide bonds. The fourth-order valence-corrected chi connectivity index (χ4v) is 2.16. The maximum Gasteiger partial charge on any atom is 0.229 e. The molecule has 2 saturated heterocycles. The van der Waals surface area contributed by atoms with E-state index in [0.717, 1.165) is 0 Å². The lowest BCUT2D eigenvalue weighted by molar-refractivity contribution is -0.275. The summed E-state index contributed by atoms with van der Waals surface area (Å²) in [6.07, 6.45) is -5.79. The number of para-hydroxylation sites is 1. The van der Waals surface area contributed by atoms with E-state index >= 15 is 0 Å². The van der Waals surface area contributed by atoms with Crippen LogP contribution in [0.25, 0.3) is 0 Å². The zero-order valence-corrected chi connectivity index (χ0v) is 10.1. The van der Waals surface area contributed by atoms with Crippen LogP contribution in [-0.4, -0.2) is 58.7 Å². The molecular weight excluding hydrogens is 252 g/mol. The van der Waals surface area contributed by atoms with E-state index in [1.54, 1.807) is 24.3 Å². The molecule has 6 nitrogen and oxygen atoms in total. The van der Waals surface area contributed by atoms with Crippen molar-refractivity contribution in [2.24, 2.45) is 0 Å². The Labute approximate surface area is 110 Å². The van der Waals surface area contributed by atoms with E-state index in [-0.39, 0.29) is 6.10 Å². The molecule has 1 aromatic carbocycles. The Bertz CT molecular complexity index is 420. The third-order valence-corrected chi connectivity index (χ3v) is 3.33. The second-order valence-electron chi connectivity index (χ2n) is 4.74. The molecule has 1 aromatic rings. The molecule has 1 unspecified atom stereocenters. The standard InChI is InChI=1S/C13H16O6/c14-9-10(15)12(8-6-17-8)19-13(11(9)16)18-7-4-2-1-3-5-7/h1-5,8-16H,6H2/t8?,9-,10+,11+,12+,13+/m0/s1. The van der Waals surface area contributed by atoms with Crippen LogP contribution >= 0.6 is 0 Å². The van der Waals surface area contributed by atoms with Crippen molar-refractivity contribution in [3.63, 3.8) is 0 Å². The Kier molecular flexibility index (Phi) is 3.42. The van der Waals surface area contributed by atoms with Crippen LogP contribution in [0, 0.1) is 0 Å². The van der Waals surface area contributed by atoms with Crippen molar-refractivity contribution in [2.75, 3.05) is 6.61 Å². The van der Waals surface area contributed by atoms with Crippen LogP contribution in [0.15, 0.2) is 30.3 Å². The Morgan fingerprint density at radius 3 is 2.32 bits per heavy atom. The lowest BCUT2D eigenvalue weighted by Gasteiger charge is -2.39. The highest BCUT2D eigenvalue weighted by Crippen LogP contribution is 2.30. The van der Waals surface area contributed by atoms with E-state index in [1.807, 2.05) is 6.07 Å². The van der Waals surface area contributed by atoms with Crippen LogP contribution in [0.2, 0.25) is 0 Å². The number of ether oxygens (including phenoxy) is 3. The number of aliphatic hydroxyl groups is 3. The highest BCUT2D eigenvalue weighted by Gasteiger charge is 2.51. The molecule has 2 fully saturated rings. The monoisotopic (exact) mass is 268 g/mol. The first-order valence-electron chi connectivity index (χ1n) is 6.20. The van der Waals surface area contributed by atoms with Crippen LogP contribution in [0.5, 0.6) is 5.75 Å². The summed E-state index contributed by atoms with van der Waals surface area (Å²) in [5, 5.41) is 29.5. The molecule has 6 heteroatoms. The lowest BCUT2D eigenvalue weighted by Crippen LogP contribution is -2.60. The number of hydrogen-bond acceptors (Lipinski definition) is 6. The summed E-state index contributed by atoms with van der Waals surface area (Å²) in [5.41, 5.74) is 0. The maximum absolute atomic E-state index is 9.89. The van der Waals surface area contributed by atoms with Gasteiger partial charge in [0.05, 0.1) is 6.61 Å². The maximum atomic E-state index is 9.89. The number of epoxide rings is 1. The molecule has 3 N–H and O–H groups in total. The van der Waals surface area contributed by atoms with Crippen molar-refractivity contribution in [3.05, 3.63) is 30.3 Å². The summed E-state index contributed by atoms with van der Waals surface area (Å²) in [6.45, 7) is 0.475. The van der Waals surface area contributed by atoms with E-state index < -0.39 is 30.7 Å². The zero-order valence-electron chi connectivity index (χ0n) is 10.1. The molecule has 0 spiro atoms. The van der Waals surface area contributed by atoms with Gasteiger partial charge in [-0.2, -0.15) is 0 Å². The fourth-order valence-electron chi connectivity index (χ4n) is 2.16. The van der Waals surface area contributed by atoms with Gasteiger partial charge in [-0.3, -0.25) is 0 Å². The van der Waals surface area contributed by atoms with Gasteiger partial charge in [0, 0.05) is 0 Å². The summed E-state index contributed by atoms with van der Waals surface area (Å²) in [7, 11) is 0. The topological polar surface area (TPSA) is 91.7 Å². The minimum absolute atomic E-state index is 0.251. The van der Waals surface area contributed by atoms with Gasteiger partial charge in [0.2, 0.25) is 6.29 Å². The Morgan fingerprint density at radius 1 is 1.00 bits per heavy atom. The van der Waals surface area contributed by atoms with Crippen molar-refractivity contribution in [2.45, 2.75) is 36.8 Å². The average Bonchev–Trinajstić information content (AvgIpc) is 3.25. The Morgan fingerprint density at radius 2 is 1.68 bits per heavy atom. The van der Waals surface area contributed by atoms with Gasteiger partial charge in [0.15, 0.2) is 0 Å².